The number of ether oxygens (including phenoxy) is 1. The van der Waals surface area contributed by atoms with E-state index < -0.39 is 11.5 Å². The fourth-order valence-electron chi connectivity index (χ4n) is 1.73. The molecule has 122 valence electrons. The number of carbonyl (C=O) groups is 1. The number of carbonyl (C=O) groups excluding carboxylic acids is 1. The molecular weight excluding hydrogens is 329 g/mol. The number of thioether (sulfide) groups is 1. The number of benzene rings is 2. The Morgan fingerprint density at radius 3 is 2.22 bits per heavy atom. The molecule has 2 amide bonds. The number of rotatable bonds is 5. The van der Waals surface area contributed by atoms with Gasteiger partial charge in [-0.2, -0.15) is 13.2 Å². The van der Waals surface area contributed by atoms with Crippen molar-refractivity contribution in [3.63, 3.8) is 0 Å². The normalized spacial score (nSPS) is 11.1. The highest BCUT2D eigenvalue weighted by atomic mass is 32.2. The molecule has 23 heavy (non-hydrogen) atoms. The SMILES string of the molecule is NC(=O)Nc1ccc(OCc2ccc(SC(F)(F)F)cc2)cc1. The van der Waals surface area contributed by atoms with Crippen LogP contribution >= 0.6 is 11.8 Å². The van der Waals surface area contributed by atoms with Crippen LogP contribution < -0.4 is 15.8 Å². The monoisotopic (exact) mass is 342 g/mol. The Labute approximate surface area is 134 Å². The number of amides is 2. The Balaban J connectivity index is 1.89. The van der Waals surface area contributed by atoms with Crippen molar-refractivity contribution in [1.82, 2.24) is 0 Å². The van der Waals surface area contributed by atoms with Crippen molar-refractivity contribution in [1.29, 1.82) is 0 Å². The van der Waals surface area contributed by atoms with Gasteiger partial charge in [-0.1, -0.05) is 12.1 Å². The third-order valence-corrected chi connectivity index (χ3v) is 3.42. The summed E-state index contributed by atoms with van der Waals surface area (Å²) in [4.78, 5) is 10.8. The molecule has 0 radical (unpaired) electrons. The van der Waals surface area contributed by atoms with E-state index in [0.717, 1.165) is 5.56 Å². The summed E-state index contributed by atoms with van der Waals surface area (Å²) < 4.78 is 42.2. The maximum absolute atomic E-state index is 12.2. The lowest BCUT2D eigenvalue weighted by molar-refractivity contribution is -0.0328. The second kappa shape index (κ2) is 7.28. The van der Waals surface area contributed by atoms with E-state index in [0.29, 0.717) is 11.4 Å². The molecule has 0 fully saturated rings. The second-order valence-electron chi connectivity index (χ2n) is 4.49. The van der Waals surface area contributed by atoms with E-state index in [4.69, 9.17) is 10.5 Å². The minimum atomic E-state index is -4.29. The number of anilines is 1. The first-order valence-electron chi connectivity index (χ1n) is 6.46. The fourth-order valence-corrected chi connectivity index (χ4v) is 2.27. The molecule has 0 saturated heterocycles. The van der Waals surface area contributed by atoms with E-state index in [9.17, 15) is 18.0 Å². The van der Waals surface area contributed by atoms with Crippen molar-refractivity contribution in [3.05, 3.63) is 54.1 Å². The molecule has 2 aromatic rings. The summed E-state index contributed by atoms with van der Waals surface area (Å²) in [6, 6.07) is 11.9. The van der Waals surface area contributed by atoms with E-state index in [2.05, 4.69) is 5.32 Å². The molecule has 0 aliphatic carbocycles. The van der Waals surface area contributed by atoms with Gasteiger partial charge in [0.05, 0.1) is 0 Å². The maximum Gasteiger partial charge on any atom is 0.446 e. The van der Waals surface area contributed by atoms with Crippen molar-refractivity contribution in [3.8, 4) is 5.75 Å². The Morgan fingerprint density at radius 2 is 1.70 bits per heavy atom. The first kappa shape index (κ1) is 17.0. The van der Waals surface area contributed by atoms with Crippen molar-refractivity contribution in [2.75, 3.05) is 5.32 Å². The van der Waals surface area contributed by atoms with Crippen LogP contribution in [0, 0.1) is 0 Å². The number of nitrogens with one attached hydrogen (secondary N) is 1. The van der Waals surface area contributed by atoms with Gasteiger partial charge in [0, 0.05) is 10.6 Å². The van der Waals surface area contributed by atoms with Crippen LogP contribution in [0.4, 0.5) is 23.7 Å². The zero-order chi connectivity index (χ0) is 16.9. The molecule has 0 aliphatic rings. The number of hydrogen-bond donors (Lipinski definition) is 2. The topological polar surface area (TPSA) is 64.4 Å². The molecule has 0 unspecified atom stereocenters. The Bertz CT molecular complexity index is 658. The number of hydrogen-bond acceptors (Lipinski definition) is 3. The minimum absolute atomic E-state index is 0.128. The highest BCUT2D eigenvalue weighted by Crippen LogP contribution is 2.36. The smallest absolute Gasteiger partial charge is 0.446 e. The Morgan fingerprint density at radius 1 is 1.09 bits per heavy atom. The molecule has 0 aromatic heterocycles. The molecule has 3 N–H and O–H groups in total. The van der Waals surface area contributed by atoms with E-state index in [-0.39, 0.29) is 23.3 Å². The van der Waals surface area contributed by atoms with Crippen LogP contribution in [-0.2, 0) is 6.61 Å². The molecule has 2 aromatic carbocycles. The predicted molar refractivity (Wildman–Crippen MR) is 82.3 cm³/mol. The molecule has 0 heterocycles. The third-order valence-electron chi connectivity index (χ3n) is 2.68. The highest BCUT2D eigenvalue weighted by Gasteiger charge is 2.28. The minimum Gasteiger partial charge on any atom is -0.489 e. The maximum atomic E-state index is 12.2. The van der Waals surface area contributed by atoms with Crippen molar-refractivity contribution < 1.29 is 22.7 Å². The quantitative estimate of drug-likeness (QED) is 0.793. The average molecular weight is 342 g/mol. The summed E-state index contributed by atoms with van der Waals surface area (Å²) in [6.07, 6.45) is 0. The summed E-state index contributed by atoms with van der Waals surface area (Å²) in [5, 5.41) is 2.42. The van der Waals surface area contributed by atoms with Crippen LogP contribution in [0.25, 0.3) is 0 Å². The van der Waals surface area contributed by atoms with E-state index in [1.807, 2.05) is 0 Å². The number of primary amides is 1. The van der Waals surface area contributed by atoms with Crippen LogP contribution in [0.3, 0.4) is 0 Å². The first-order valence-corrected chi connectivity index (χ1v) is 7.27. The molecule has 0 saturated carbocycles. The molecule has 2 rings (SSSR count). The van der Waals surface area contributed by atoms with Crippen molar-refractivity contribution in [2.45, 2.75) is 17.0 Å². The molecule has 4 nitrogen and oxygen atoms in total. The lowest BCUT2D eigenvalue weighted by Gasteiger charge is -2.09. The number of nitrogens with two attached hydrogens (primary N) is 1. The van der Waals surface area contributed by atoms with Gasteiger partial charge in [-0.15, -0.1) is 0 Å². The Hall–Kier alpha value is -2.35. The van der Waals surface area contributed by atoms with Crippen molar-refractivity contribution >= 4 is 23.5 Å². The van der Waals surface area contributed by atoms with E-state index in [1.54, 1.807) is 36.4 Å². The van der Waals surface area contributed by atoms with Gasteiger partial charge in [0.15, 0.2) is 0 Å². The van der Waals surface area contributed by atoms with Crippen LogP contribution in [0.5, 0.6) is 5.75 Å². The third kappa shape index (κ3) is 6.11. The number of alkyl halides is 3. The van der Waals surface area contributed by atoms with Gasteiger partial charge in [-0.3, -0.25) is 0 Å². The highest BCUT2D eigenvalue weighted by molar-refractivity contribution is 8.00. The molecule has 0 bridgehead atoms. The standard InChI is InChI=1S/C15H13F3N2O2S/c16-15(17,18)23-13-7-1-10(2-8-13)9-22-12-5-3-11(4-6-12)20-14(19)21/h1-8H,9H2,(H3,19,20,21). The van der Waals surface area contributed by atoms with Gasteiger partial charge in [0.25, 0.3) is 0 Å². The van der Waals surface area contributed by atoms with Crippen LogP contribution in [0.1, 0.15) is 5.56 Å². The predicted octanol–water partition coefficient (Wildman–Crippen LogP) is 4.37. The largest absolute Gasteiger partial charge is 0.489 e. The molecule has 0 atom stereocenters. The number of halogens is 3. The van der Waals surface area contributed by atoms with Gasteiger partial charge < -0.3 is 15.8 Å². The summed E-state index contributed by atoms with van der Waals surface area (Å²) in [7, 11) is 0. The molecule has 0 spiro atoms. The van der Waals surface area contributed by atoms with Gasteiger partial charge in [-0.05, 0) is 53.7 Å². The molecular formula is C15H13F3N2O2S. The van der Waals surface area contributed by atoms with Gasteiger partial charge in [0.1, 0.15) is 12.4 Å². The van der Waals surface area contributed by atoms with Gasteiger partial charge in [0.2, 0.25) is 0 Å². The number of urea groups is 1. The lowest BCUT2D eigenvalue weighted by atomic mass is 10.2. The average Bonchev–Trinajstić information content (AvgIpc) is 2.46. The Kier molecular flexibility index (Phi) is 5.38. The van der Waals surface area contributed by atoms with E-state index in [1.165, 1.54) is 12.1 Å². The zero-order valence-electron chi connectivity index (χ0n) is 11.8. The van der Waals surface area contributed by atoms with E-state index >= 15 is 0 Å². The van der Waals surface area contributed by atoms with Gasteiger partial charge in [-0.25, -0.2) is 4.79 Å². The molecule has 8 heteroatoms. The lowest BCUT2D eigenvalue weighted by Crippen LogP contribution is -2.19. The van der Waals surface area contributed by atoms with Crippen LogP contribution in [-0.4, -0.2) is 11.5 Å². The summed E-state index contributed by atoms with van der Waals surface area (Å²) in [6.45, 7) is 0.222. The zero-order valence-corrected chi connectivity index (χ0v) is 12.6. The fraction of sp³-hybridized carbons (Fsp3) is 0.133. The summed E-state index contributed by atoms with van der Waals surface area (Å²) in [5.41, 5.74) is 1.99. The van der Waals surface area contributed by atoms with Crippen molar-refractivity contribution in [2.24, 2.45) is 5.73 Å². The van der Waals surface area contributed by atoms with Crippen LogP contribution in [0.2, 0.25) is 0 Å². The van der Waals surface area contributed by atoms with Crippen LogP contribution in [0.15, 0.2) is 53.4 Å². The summed E-state index contributed by atoms with van der Waals surface area (Å²) in [5.74, 6) is 0.564. The first-order chi connectivity index (χ1) is 10.8. The molecule has 0 aliphatic heterocycles. The summed E-state index contributed by atoms with van der Waals surface area (Å²) >= 11 is -0.155. The second-order valence-corrected chi connectivity index (χ2v) is 5.63. The van der Waals surface area contributed by atoms with Gasteiger partial charge >= 0.3 is 11.5 Å².